The van der Waals surface area contributed by atoms with Gasteiger partial charge in [-0.15, -0.1) is 0 Å². The number of amides is 2. The van der Waals surface area contributed by atoms with Gasteiger partial charge < -0.3 is 10.1 Å². The molecule has 0 aliphatic carbocycles. The molecule has 5 nitrogen and oxygen atoms in total. The van der Waals surface area contributed by atoms with Gasteiger partial charge in [-0.25, -0.2) is 4.90 Å². The number of hydrogen-bond donors (Lipinski definition) is 1. The lowest BCUT2D eigenvalue weighted by Gasteiger charge is -2.18. The predicted molar refractivity (Wildman–Crippen MR) is 98.3 cm³/mol. The van der Waals surface area contributed by atoms with E-state index >= 15 is 0 Å². The summed E-state index contributed by atoms with van der Waals surface area (Å²) in [5, 5.41) is 3.65. The van der Waals surface area contributed by atoms with E-state index in [9.17, 15) is 9.59 Å². The van der Waals surface area contributed by atoms with Crippen molar-refractivity contribution in [1.82, 2.24) is 0 Å². The lowest BCUT2D eigenvalue weighted by Crippen LogP contribution is -2.35. The number of carbonyl (C=O) groups is 2. The Labute approximate surface area is 151 Å². The third-order valence-corrected chi connectivity index (χ3v) is 4.54. The van der Waals surface area contributed by atoms with Gasteiger partial charge >= 0.3 is 0 Å². The Hall–Kier alpha value is -2.53. The summed E-state index contributed by atoms with van der Waals surface area (Å²) < 4.78 is 5.40. The summed E-state index contributed by atoms with van der Waals surface area (Å²) in [5.74, 6) is 0.251. The molecule has 1 aliphatic rings. The van der Waals surface area contributed by atoms with Crippen LogP contribution in [-0.2, 0) is 9.59 Å². The van der Waals surface area contributed by atoms with Crippen molar-refractivity contribution in [1.29, 1.82) is 0 Å². The summed E-state index contributed by atoms with van der Waals surface area (Å²) in [5.41, 5.74) is 2.02. The molecular formula is C19H19ClN2O3. The van der Waals surface area contributed by atoms with Crippen LogP contribution in [0.1, 0.15) is 18.9 Å². The summed E-state index contributed by atoms with van der Waals surface area (Å²) in [6.45, 7) is 4.31. The second-order valence-corrected chi connectivity index (χ2v) is 6.22. The van der Waals surface area contributed by atoms with Gasteiger partial charge in [0.1, 0.15) is 11.8 Å². The molecule has 2 aromatic rings. The highest BCUT2D eigenvalue weighted by Gasteiger charge is 2.40. The molecule has 3 rings (SSSR count). The van der Waals surface area contributed by atoms with E-state index in [4.69, 9.17) is 16.3 Å². The second-order valence-electron chi connectivity index (χ2n) is 5.81. The Morgan fingerprint density at radius 3 is 2.60 bits per heavy atom. The first kappa shape index (κ1) is 17.3. The van der Waals surface area contributed by atoms with Crippen molar-refractivity contribution in [2.45, 2.75) is 26.3 Å². The maximum absolute atomic E-state index is 12.7. The van der Waals surface area contributed by atoms with Crippen molar-refractivity contribution < 1.29 is 14.3 Å². The molecule has 0 saturated carbocycles. The van der Waals surface area contributed by atoms with E-state index in [1.807, 2.05) is 31.2 Å². The summed E-state index contributed by atoms with van der Waals surface area (Å²) in [6.07, 6.45) is 0.109. The molecule has 0 spiro atoms. The van der Waals surface area contributed by atoms with Crippen molar-refractivity contribution in [3.05, 3.63) is 53.1 Å². The first-order chi connectivity index (χ1) is 12.0. The number of imide groups is 1. The summed E-state index contributed by atoms with van der Waals surface area (Å²) >= 11 is 6.12. The van der Waals surface area contributed by atoms with Gasteiger partial charge in [0.25, 0.3) is 5.91 Å². The Balaban J connectivity index is 1.78. The average molecular weight is 359 g/mol. The van der Waals surface area contributed by atoms with Crippen molar-refractivity contribution in [2.75, 3.05) is 16.8 Å². The molecule has 1 fully saturated rings. The maximum Gasteiger partial charge on any atom is 0.256 e. The number of ether oxygens (including phenoxy) is 1. The average Bonchev–Trinajstić information content (AvgIpc) is 2.86. The first-order valence-corrected chi connectivity index (χ1v) is 8.50. The van der Waals surface area contributed by atoms with Crippen LogP contribution in [0, 0.1) is 6.92 Å². The van der Waals surface area contributed by atoms with Gasteiger partial charge in [0.05, 0.1) is 18.7 Å². The lowest BCUT2D eigenvalue weighted by atomic mass is 10.2. The van der Waals surface area contributed by atoms with Crippen molar-refractivity contribution in [3.8, 4) is 5.75 Å². The number of halogens is 1. The monoisotopic (exact) mass is 358 g/mol. The number of rotatable bonds is 5. The fraction of sp³-hybridized carbons (Fsp3) is 0.263. The third kappa shape index (κ3) is 3.46. The lowest BCUT2D eigenvalue weighted by molar-refractivity contribution is -0.121. The highest BCUT2D eigenvalue weighted by Crippen LogP contribution is 2.31. The van der Waals surface area contributed by atoms with Gasteiger partial charge in [0, 0.05) is 10.7 Å². The van der Waals surface area contributed by atoms with Crippen molar-refractivity contribution >= 4 is 34.8 Å². The quantitative estimate of drug-likeness (QED) is 0.826. The molecule has 2 amide bonds. The molecule has 1 aliphatic heterocycles. The van der Waals surface area contributed by atoms with E-state index in [-0.39, 0.29) is 18.2 Å². The molecule has 1 saturated heterocycles. The van der Waals surface area contributed by atoms with Crippen LogP contribution in [0.25, 0.3) is 0 Å². The molecule has 1 N–H and O–H groups in total. The van der Waals surface area contributed by atoms with Crippen LogP contribution in [0.4, 0.5) is 11.4 Å². The zero-order chi connectivity index (χ0) is 18.0. The first-order valence-electron chi connectivity index (χ1n) is 8.12. The van der Waals surface area contributed by atoms with E-state index in [1.54, 1.807) is 25.1 Å². The molecule has 0 radical (unpaired) electrons. The van der Waals surface area contributed by atoms with Crippen LogP contribution in [0.15, 0.2) is 42.5 Å². The number of nitrogens with zero attached hydrogens (tertiary/aromatic N) is 1. The third-order valence-electron chi connectivity index (χ3n) is 4.13. The van der Waals surface area contributed by atoms with Crippen molar-refractivity contribution in [2.24, 2.45) is 0 Å². The minimum absolute atomic E-state index is 0.109. The van der Waals surface area contributed by atoms with Crippen molar-refractivity contribution in [3.63, 3.8) is 0 Å². The summed E-state index contributed by atoms with van der Waals surface area (Å²) in [4.78, 5) is 26.3. The molecule has 0 bridgehead atoms. The fourth-order valence-corrected chi connectivity index (χ4v) is 3.02. The minimum Gasteiger partial charge on any atom is -0.494 e. The number of hydrogen-bond acceptors (Lipinski definition) is 4. The molecule has 0 unspecified atom stereocenters. The standard InChI is InChI=1S/C19H19ClN2O3/c1-3-25-14-9-7-13(8-10-14)21-16-11-18(23)22(19(16)24)17-6-4-5-15(20)12(17)2/h4-10,16,21H,3,11H2,1-2H3/t16-/m1/s1. The number of carbonyl (C=O) groups excluding carboxylic acids is 2. The van der Waals surface area contributed by atoms with Crippen LogP contribution in [-0.4, -0.2) is 24.5 Å². The summed E-state index contributed by atoms with van der Waals surface area (Å²) in [6, 6.07) is 11.9. The molecule has 25 heavy (non-hydrogen) atoms. The second kappa shape index (κ2) is 7.15. The van der Waals surface area contributed by atoms with Gasteiger partial charge in [0.2, 0.25) is 5.91 Å². The molecular weight excluding hydrogens is 340 g/mol. The Morgan fingerprint density at radius 1 is 1.20 bits per heavy atom. The van der Waals surface area contributed by atoms with Gasteiger partial charge in [-0.1, -0.05) is 17.7 Å². The fourth-order valence-electron chi connectivity index (χ4n) is 2.85. The van der Waals surface area contributed by atoms with E-state index in [0.29, 0.717) is 22.9 Å². The molecule has 1 atom stereocenters. The van der Waals surface area contributed by atoms with Crippen LogP contribution >= 0.6 is 11.6 Å². The van der Waals surface area contributed by atoms with E-state index in [2.05, 4.69) is 5.32 Å². The van der Waals surface area contributed by atoms with E-state index in [0.717, 1.165) is 11.4 Å². The molecule has 2 aromatic carbocycles. The highest BCUT2D eigenvalue weighted by molar-refractivity contribution is 6.32. The normalized spacial score (nSPS) is 17.1. The van der Waals surface area contributed by atoms with Gasteiger partial charge in [0.15, 0.2) is 0 Å². The van der Waals surface area contributed by atoms with Gasteiger partial charge in [-0.05, 0) is 55.8 Å². The topological polar surface area (TPSA) is 58.6 Å². The Morgan fingerprint density at radius 2 is 1.92 bits per heavy atom. The molecule has 0 aromatic heterocycles. The smallest absolute Gasteiger partial charge is 0.256 e. The molecule has 1 heterocycles. The maximum atomic E-state index is 12.7. The molecule has 130 valence electrons. The van der Waals surface area contributed by atoms with E-state index < -0.39 is 6.04 Å². The van der Waals surface area contributed by atoms with Gasteiger partial charge in [-0.3, -0.25) is 9.59 Å². The number of benzene rings is 2. The highest BCUT2D eigenvalue weighted by atomic mass is 35.5. The Bertz CT molecular complexity index is 805. The number of nitrogens with one attached hydrogen (secondary N) is 1. The van der Waals surface area contributed by atoms with Crippen LogP contribution < -0.4 is 15.0 Å². The van der Waals surface area contributed by atoms with Crippen LogP contribution in [0.3, 0.4) is 0 Å². The van der Waals surface area contributed by atoms with Gasteiger partial charge in [-0.2, -0.15) is 0 Å². The largest absolute Gasteiger partial charge is 0.494 e. The zero-order valence-electron chi connectivity index (χ0n) is 14.1. The zero-order valence-corrected chi connectivity index (χ0v) is 14.8. The Kier molecular flexibility index (Phi) is 4.95. The van der Waals surface area contributed by atoms with E-state index in [1.165, 1.54) is 4.90 Å². The number of anilines is 2. The van der Waals surface area contributed by atoms with Crippen LogP contribution in [0.5, 0.6) is 5.75 Å². The summed E-state index contributed by atoms with van der Waals surface area (Å²) in [7, 11) is 0. The minimum atomic E-state index is -0.594. The molecule has 6 heteroatoms. The SMILES string of the molecule is CCOc1ccc(N[C@@H]2CC(=O)N(c3cccc(Cl)c3C)C2=O)cc1. The van der Waals surface area contributed by atoms with Crippen LogP contribution in [0.2, 0.25) is 5.02 Å². The predicted octanol–water partition coefficient (Wildman–Crippen LogP) is 3.79.